The third-order valence-electron chi connectivity index (χ3n) is 5.55. The minimum Gasteiger partial charge on any atom is -0.504 e. The normalized spacial score (nSPS) is 20.1. The number of benzene rings is 1. The number of unbranched alkanes of at least 4 members (excludes halogenated alkanes) is 3. The summed E-state index contributed by atoms with van der Waals surface area (Å²) in [5, 5.41) is 20.3. The highest BCUT2D eigenvalue weighted by Gasteiger charge is 2.22. The molecule has 1 aliphatic rings. The molecule has 2 rings (SSSR count). The Kier molecular flexibility index (Phi) is 9.56. The van der Waals surface area contributed by atoms with Crippen LogP contribution in [0.25, 0.3) is 0 Å². The molecule has 0 unspecified atom stereocenters. The molecule has 28 heavy (non-hydrogen) atoms. The average Bonchev–Trinajstić information content (AvgIpc) is 2.68. The molecule has 0 bridgehead atoms. The van der Waals surface area contributed by atoms with Gasteiger partial charge in [-0.25, -0.2) is 0 Å². The van der Waals surface area contributed by atoms with Crippen molar-refractivity contribution in [2.75, 3.05) is 6.61 Å². The van der Waals surface area contributed by atoms with E-state index in [-0.39, 0.29) is 23.9 Å². The highest BCUT2D eigenvalue weighted by molar-refractivity contribution is 5.79. The van der Waals surface area contributed by atoms with Gasteiger partial charge in [-0.1, -0.05) is 51.3 Å². The van der Waals surface area contributed by atoms with E-state index in [2.05, 4.69) is 26.0 Å². The summed E-state index contributed by atoms with van der Waals surface area (Å²) >= 11 is 0. The van der Waals surface area contributed by atoms with Gasteiger partial charge in [-0.2, -0.15) is 0 Å². The molecule has 156 valence electrons. The molecule has 1 aliphatic carbocycles. The van der Waals surface area contributed by atoms with Crippen LogP contribution >= 0.6 is 0 Å². The predicted octanol–water partition coefficient (Wildman–Crippen LogP) is 5.21. The predicted molar refractivity (Wildman–Crippen MR) is 113 cm³/mol. The molecule has 2 N–H and O–H groups in total. The van der Waals surface area contributed by atoms with E-state index in [0.717, 1.165) is 31.2 Å². The van der Waals surface area contributed by atoms with Crippen molar-refractivity contribution in [1.29, 1.82) is 0 Å². The van der Waals surface area contributed by atoms with E-state index < -0.39 is 6.10 Å². The van der Waals surface area contributed by atoms with E-state index in [1.54, 1.807) is 6.07 Å². The van der Waals surface area contributed by atoms with Gasteiger partial charge in [0.25, 0.3) is 0 Å². The fourth-order valence-electron chi connectivity index (χ4n) is 3.61. The number of carbonyl (C=O) groups is 1. The Balaban J connectivity index is 1.77. The molecule has 1 aromatic carbocycles. The molecule has 0 fully saturated rings. The van der Waals surface area contributed by atoms with E-state index in [0.29, 0.717) is 31.1 Å². The Morgan fingerprint density at radius 1 is 1.21 bits per heavy atom. The molecule has 0 amide bonds. The maximum Gasteiger partial charge on any atom is 0.161 e. The van der Waals surface area contributed by atoms with E-state index in [1.165, 1.54) is 12.8 Å². The molecule has 4 heteroatoms. The van der Waals surface area contributed by atoms with Crippen LogP contribution in [0.1, 0.15) is 70.8 Å². The molecule has 0 aliphatic heterocycles. The van der Waals surface area contributed by atoms with Gasteiger partial charge in [-0.3, -0.25) is 4.79 Å². The number of ether oxygens (including phenoxy) is 1. The van der Waals surface area contributed by atoms with Crippen molar-refractivity contribution in [3.05, 3.63) is 35.9 Å². The molecule has 0 saturated heterocycles. The van der Waals surface area contributed by atoms with Crippen molar-refractivity contribution in [3.63, 3.8) is 0 Å². The highest BCUT2D eigenvalue weighted by Crippen LogP contribution is 2.28. The smallest absolute Gasteiger partial charge is 0.161 e. The number of hydrogen-bond acceptors (Lipinski definition) is 4. The van der Waals surface area contributed by atoms with Crippen molar-refractivity contribution in [3.8, 4) is 11.5 Å². The number of aliphatic hydroxyl groups is 1. The van der Waals surface area contributed by atoms with E-state index in [9.17, 15) is 15.0 Å². The molecule has 1 aromatic rings. The first kappa shape index (κ1) is 22.5. The van der Waals surface area contributed by atoms with E-state index in [1.807, 2.05) is 12.1 Å². The number of ketones is 1. The number of aryl methyl sites for hydroxylation is 1. The molecular weight excluding hydrogens is 352 g/mol. The van der Waals surface area contributed by atoms with Gasteiger partial charge in [0.15, 0.2) is 11.5 Å². The van der Waals surface area contributed by atoms with Gasteiger partial charge >= 0.3 is 0 Å². The summed E-state index contributed by atoms with van der Waals surface area (Å²) in [7, 11) is 0. The number of phenolic OH excluding ortho intramolecular Hbond substituents is 1. The summed E-state index contributed by atoms with van der Waals surface area (Å²) in [6, 6.07) is 5.28. The van der Waals surface area contributed by atoms with Crippen molar-refractivity contribution in [2.45, 2.75) is 77.7 Å². The maximum atomic E-state index is 12.3. The second-order valence-corrected chi connectivity index (χ2v) is 8.12. The van der Waals surface area contributed by atoms with Crippen molar-refractivity contribution in [2.24, 2.45) is 11.8 Å². The van der Waals surface area contributed by atoms with Gasteiger partial charge in [-0.15, -0.1) is 0 Å². The standard InChI is InChI=1S/C24H36O4/c1-3-4-5-6-15-28-24-16-19(10-14-22(24)26)9-13-21(25)17-23(27)20-11-7-18(2)8-12-20/h7,10-11,14,16,18,20,23,26-27H,3-6,8-9,12-13,15,17H2,1-2H3/t18-,20-,23-/m0/s1. The number of aromatic hydroxyl groups is 1. The zero-order valence-electron chi connectivity index (χ0n) is 17.4. The van der Waals surface area contributed by atoms with Crippen LogP contribution in [-0.2, 0) is 11.2 Å². The first-order chi connectivity index (χ1) is 13.5. The van der Waals surface area contributed by atoms with Crippen LogP contribution in [0.5, 0.6) is 11.5 Å². The molecule has 0 saturated carbocycles. The van der Waals surface area contributed by atoms with Gasteiger partial charge in [0.05, 0.1) is 12.7 Å². The Bertz CT molecular complexity index is 637. The SMILES string of the molecule is CCCCCCOc1cc(CCC(=O)C[C@H](O)[C@H]2C=C[C@H](C)CC2)ccc1O. The van der Waals surface area contributed by atoms with E-state index in [4.69, 9.17) is 4.74 Å². The monoisotopic (exact) mass is 388 g/mol. The molecule has 0 spiro atoms. The lowest BCUT2D eigenvalue weighted by Crippen LogP contribution is -2.24. The lowest BCUT2D eigenvalue weighted by Gasteiger charge is -2.24. The van der Waals surface area contributed by atoms with Crippen LogP contribution in [0.2, 0.25) is 0 Å². The Labute approximate surface area is 169 Å². The van der Waals surface area contributed by atoms with Crippen LogP contribution in [-0.4, -0.2) is 28.7 Å². The summed E-state index contributed by atoms with van der Waals surface area (Å²) in [5.41, 5.74) is 0.968. The van der Waals surface area contributed by atoms with Crippen LogP contribution in [0.15, 0.2) is 30.4 Å². The Morgan fingerprint density at radius 3 is 2.75 bits per heavy atom. The van der Waals surface area contributed by atoms with Gasteiger partial charge < -0.3 is 14.9 Å². The Morgan fingerprint density at radius 2 is 2.04 bits per heavy atom. The van der Waals surface area contributed by atoms with Crippen LogP contribution < -0.4 is 4.74 Å². The minimum atomic E-state index is -0.585. The van der Waals surface area contributed by atoms with Crippen molar-refractivity contribution in [1.82, 2.24) is 0 Å². The molecule has 0 aromatic heterocycles. The summed E-state index contributed by atoms with van der Waals surface area (Å²) in [6.45, 7) is 4.93. The first-order valence-corrected chi connectivity index (χ1v) is 10.8. The average molecular weight is 389 g/mol. The third-order valence-corrected chi connectivity index (χ3v) is 5.55. The summed E-state index contributed by atoms with van der Waals surface area (Å²) in [6.07, 6.45) is 11.3. The number of hydrogen-bond donors (Lipinski definition) is 2. The second-order valence-electron chi connectivity index (χ2n) is 8.12. The number of aliphatic hydroxyl groups excluding tert-OH is 1. The van der Waals surface area contributed by atoms with Crippen LogP contribution in [0.3, 0.4) is 0 Å². The van der Waals surface area contributed by atoms with E-state index >= 15 is 0 Å². The van der Waals surface area contributed by atoms with Gasteiger partial charge in [0.1, 0.15) is 5.78 Å². The van der Waals surface area contributed by atoms with Gasteiger partial charge in [0.2, 0.25) is 0 Å². The molecule has 0 radical (unpaired) electrons. The fraction of sp³-hybridized carbons (Fsp3) is 0.625. The maximum absolute atomic E-state index is 12.3. The number of allylic oxidation sites excluding steroid dienone is 1. The topological polar surface area (TPSA) is 66.8 Å². The lowest BCUT2D eigenvalue weighted by atomic mass is 9.84. The number of carbonyl (C=O) groups excluding carboxylic acids is 1. The van der Waals surface area contributed by atoms with Gasteiger partial charge in [-0.05, 0) is 49.3 Å². The van der Waals surface area contributed by atoms with Gasteiger partial charge in [0, 0.05) is 18.8 Å². The number of Topliss-reactive ketones (excluding diaryl/α,β-unsaturated/α-hetero) is 1. The summed E-state index contributed by atoms with van der Waals surface area (Å²) in [5.74, 6) is 1.37. The lowest BCUT2D eigenvalue weighted by molar-refractivity contribution is -0.121. The third kappa shape index (κ3) is 7.67. The van der Waals surface area contributed by atoms with Crippen molar-refractivity contribution < 1.29 is 19.7 Å². The summed E-state index contributed by atoms with van der Waals surface area (Å²) in [4.78, 5) is 12.3. The number of phenols is 1. The minimum absolute atomic E-state index is 0.0784. The molecule has 3 atom stereocenters. The second kappa shape index (κ2) is 11.9. The quantitative estimate of drug-likeness (QED) is 0.381. The molecule has 0 heterocycles. The molecular formula is C24H36O4. The Hall–Kier alpha value is -1.81. The van der Waals surface area contributed by atoms with Crippen molar-refractivity contribution >= 4 is 5.78 Å². The zero-order chi connectivity index (χ0) is 20.4. The molecule has 4 nitrogen and oxygen atoms in total. The summed E-state index contributed by atoms with van der Waals surface area (Å²) < 4.78 is 5.70. The highest BCUT2D eigenvalue weighted by atomic mass is 16.5. The van der Waals surface area contributed by atoms with Crippen LogP contribution in [0, 0.1) is 11.8 Å². The first-order valence-electron chi connectivity index (χ1n) is 10.8. The zero-order valence-corrected chi connectivity index (χ0v) is 17.4. The number of rotatable bonds is 12. The largest absolute Gasteiger partial charge is 0.504 e. The van der Waals surface area contributed by atoms with Crippen LogP contribution in [0.4, 0.5) is 0 Å². The fourth-order valence-corrected chi connectivity index (χ4v) is 3.61.